The normalized spacial score (nSPS) is 12.4. The SMILES string of the molecule is CCNC(c1ccccc1I)c1c(F)cc(F)cc1F. The summed E-state index contributed by atoms with van der Waals surface area (Å²) in [7, 11) is 0. The fraction of sp³-hybridized carbons (Fsp3) is 0.200. The second kappa shape index (κ2) is 6.58. The van der Waals surface area contributed by atoms with E-state index in [-0.39, 0.29) is 5.56 Å². The van der Waals surface area contributed by atoms with Crippen LogP contribution in [0.1, 0.15) is 24.1 Å². The molecular weight excluding hydrogens is 378 g/mol. The first-order chi connectivity index (χ1) is 9.54. The van der Waals surface area contributed by atoms with Crippen molar-refractivity contribution in [1.82, 2.24) is 5.32 Å². The Morgan fingerprint density at radius 2 is 1.70 bits per heavy atom. The van der Waals surface area contributed by atoms with Crippen LogP contribution in [0.2, 0.25) is 0 Å². The summed E-state index contributed by atoms with van der Waals surface area (Å²) >= 11 is 2.11. The smallest absolute Gasteiger partial charge is 0.134 e. The van der Waals surface area contributed by atoms with Crippen LogP contribution >= 0.6 is 22.6 Å². The number of hydrogen-bond acceptors (Lipinski definition) is 1. The van der Waals surface area contributed by atoms with Crippen molar-refractivity contribution < 1.29 is 13.2 Å². The van der Waals surface area contributed by atoms with Gasteiger partial charge in [-0.3, -0.25) is 0 Å². The number of nitrogens with one attached hydrogen (secondary N) is 1. The molecule has 5 heteroatoms. The minimum Gasteiger partial charge on any atom is -0.306 e. The molecule has 0 spiro atoms. The summed E-state index contributed by atoms with van der Waals surface area (Å²) in [6, 6.07) is 8.09. The topological polar surface area (TPSA) is 12.0 Å². The molecule has 0 saturated heterocycles. The minimum atomic E-state index is -0.915. The quantitative estimate of drug-likeness (QED) is 0.762. The first-order valence-corrected chi connectivity index (χ1v) is 7.24. The van der Waals surface area contributed by atoms with E-state index in [1.165, 1.54) is 0 Å². The van der Waals surface area contributed by atoms with E-state index in [0.29, 0.717) is 18.7 Å². The third-order valence-corrected chi connectivity index (χ3v) is 3.94. The minimum absolute atomic E-state index is 0.155. The average molecular weight is 391 g/mol. The monoisotopic (exact) mass is 391 g/mol. The van der Waals surface area contributed by atoms with E-state index in [0.717, 1.165) is 9.13 Å². The molecule has 0 aliphatic carbocycles. The van der Waals surface area contributed by atoms with Crippen molar-refractivity contribution in [3.05, 3.63) is 68.5 Å². The second-order valence-corrected chi connectivity index (χ2v) is 5.46. The summed E-state index contributed by atoms with van der Waals surface area (Å²) in [6.07, 6.45) is 0. The van der Waals surface area contributed by atoms with Crippen LogP contribution in [0.25, 0.3) is 0 Å². The maximum absolute atomic E-state index is 14.0. The fourth-order valence-corrected chi connectivity index (χ4v) is 2.81. The number of benzene rings is 2. The first kappa shape index (κ1) is 15.3. The predicted molar refractivity (Wildman–Crippen MR) is 81.0 cm³/mol. The molecule has 0 aromatic heterocycles. The molecule has 1 nitrogen and oxygen atoms in total. The zero-order valence-corrected chi connectivity index (χ0v) is 12.9. The van der Waals surface area contributed by atoms with Crippen LogP contribution in [0, 0.1) is 21.0 Å². The highest BCUT2D eigenvalue weighted by molar-refractivity contribution is 14.1. The van der Waals surface area contributed by atoms with Crippen LogP contribution in [0.4, 0.5) is 13.2 Å². The van der Waals surface area contributed by atoms with Crippen LogP contribution in [0.5, 0.6) is 0 Å². The molecule has 1 N–H and O–H groups in total. The van der Waals surface area contributed by atoms with E-state index in [9.17, 15) is 13.2 Å². The van der Waals surface area contributed by atoms with E-state index < -0.39 is 23.5 Å². The van der Waals surface area contributed by atoms with Crippen molar-refractivity contribution in [3.8, 4) is 0 Å². The highest BCUT2D eigenvalue weighted by Gasteiger charge is 2.23. The highest BCUT2D eigenvalue weighted by Crippen LogP contribution is 2.30. The van der Waals surface area contributed by atoms with Gasteiger partial charge in [-0.25, -0.2) is 13.2 Å². The summed E-state index contributed by atoms with van der Waals surface area (Å²) < 4.78 is 41.9. The Bertz CT molecular complexity index is 593. The molecule has 0 aliphatic heterocycles. The fourth-order valence-electron chi connectivity index (χ4n) is 2.11. The second-order valence-electron chi connectivity index (χ2n) is 4.30. The Balaban J connectivity index is 2.58. The lowest BCUT2D eigenvalue weighted by Crippen LogP contribution is -2.25. The van der Waals surface area contributed by atoms with Gasteiger partial charge in [0.05, 0.1) is 6.04 Å². The molecule has 2 rings (SSSR count). The van der Waals surface area contributed by atoms with E-state index in [4.69, 9.17) is 0 Å². The van der Waals surface area contributed by atoms with Gasteiger partial charge in [0.1, 0.15) is 17.5 Å². The molecule has 1 unspecified atom stereocenters. The molecule has 106 valence electrons. The van der Waals surface area contributed by atoms with Crippen LogP contribution in [0.15, 0.2) is 36.4 Å². The molecule has 20 heavy (non-hydrogen) atoms. The first-order valence-electron chi connectivity index (χ1n) is 6.16. The maximum atomic E-state index is 14.0. The van der Waals surface area contributed by atoms with Crippen molar-refractivity contribution in [3.63, 3.8) is 0 Å². The molecule has 0 aliphatic rings. The standard InChI is InChI=1S/C15H13F3IN/c1-2-20-15(10-5-3-4-6-13(10)19)14-11(17)7-9(16)8-12(14)18/h3-8,15,20H,2H2,1H3. The Labute approximate surface area is 129 Å². The molecule has 0 radical (unpaired) electrons. The van der Waals surface area contributed by atoms with Gasteiger partial charge < -0.3 is 5.32 Å². The molecule has 0 amide bonds. The summed E-state index contributed by atoms with van der Waals surface area (Å²) in [5, 5.41) is 3.05. The Kier molecular flexibility index (Phi) is 5.04. The van der Waals surface area contributed by atoms with Gasteiger partial charge in [0.25, 0.3) is 0 Å². The molecular formula is C15H13F3IN. The van der Waals surface area contributed by atoms with E-state index in [1.807, 2.05) is 19.1 Å². The van der Waals surface area contributed by atoms with Crippen molar-refractivity contribution in [2.45, 2.75) is 13.0 Å². The predicted octanol–water partition coefficient (Wildman–Crippen LogP) is 4.41. The van der Waals surface area contributed by atoms with Crippen LogP contribution in [0.3, 0.4) is 0 Å². The zero-order valence-electron chi connectivity index (χ0n) is 10.8. The molecule has 2 aromatic rings. The van der Waals surface area contributed by atoms with Gasteiger partial charge in [0.15, 0.2) is 0 Å². The van der Waals surface area contributed by atoms with Gasteiger partial charge in [0, 0.05) is 21.3 Å². The maximum Gasteiger partial charge on any atom is 0.134 e. The van der Waals surface area contributed by atoms with Gasteiger partial charge in [-0.05, 0) is 40.8 Å². The van der Waals surface area contributed by atoms with E-state index >= 15 is 0 Å². The van der Waals surface area contributed by atoms with Gasteiger partial charge in [0.2, 0.25) is 0 Å². The summed E-state index contributed by atoms with van der Waals surface area (Å²) in [5.41, 5.74) is 0.608. The lowest BCUT2D eigenvalue weighted by Gasteiger charge is -2.21. The van der Waals surface area contributed by atoms with Crippen molar-refractivity contribution in [2.24, 2.45) is 0 Å². The zero-order chi connectivity index (χ0) is 14.7. The Hall–Kier alpha value is -1.08. The molecule has 0 fully saturated rings. The van der Waals surface area contributed by atoms with Crippen molar-refractivity contribution in [1.29, 1.82) is 0 Å². The molecule has 2 aromatic carbocycles. The van der Waals surface area contributed by atoms with Crippen LogP contribution in [-0.4, -0.2) is 6.54 Å². The molecule has 1 atom stereocenters. The van der Waals surface area contributed by atoms with Crippen LogP contribution < -0.4 is 5.32 Å². The van der Waals surface area contributed by atoms with Crippen LogP contribution in [-0.2, 0) is 0 Å². The van der Waals surface area contributed by atoms with E-state index in [2.05, 4.69) is 27.9 Å². The largest absolute Gasteiger partial charge is 0.306 e. The Morgan fingerprint density at radius 3 is 2.25 bits per heavy atom. The summed E-state index contributed by atoms with van der Waals surface area (Å²) in [5.74, 6) is -2.68. The number of halogens is 4. The third kappa shape index (κ3) is 3.15. The summed E-state index contributed by atoms with van der Waals surface area (Å²) in [4.78, 5) is 0. The van der Waals surface area contributed by atoms with Crippen molar-refractivity contribution in [2.75, 3.05) is 6.54 Å². The van der Waals surface area contributed by atoms with Gasteiger partial charge >= 0.3 is 0 Å². The van der Waals surface area contributed by atoms with Gasteiger partial charge in [-0.1, -0.05) is 25.1 Å². The summed E-state index contributed by atoms with van der Waals surface area (Å²) in [6.45, 7) is 2.38. The molecule has 0 saturated carbocycles. The Morgan fingerprint density at radius 1 is 1.10 bits per heavy atom. The average Bonchev–Trinajstić information content (AvgIpc) is 2.37. The number of rotatable bonds is 4. The number of hydrogen-bond donors (Lipinski definition) is 1. The third-order valence-electron chi connectivity index (χ3n) is 2.96. The lowest BCUT2D eigenvalue weighted by atomic mass is 9.97. The molecule has 0 heterocycles. The highest BCUT2D eigenvalue weighted by atomic mass is 127. The molecule has 0 bridgehead atoms. The lowest BCUT2D eigenvalue weighted by molar-refractivity contribution is 0.491. The van der Waals surface area contributed by atoms with Gasteiger partial charge in [-0.15, -0.1) is 0 Å². The van der Waals surface area contributed by atoms with Gasteiger partial charge in [-0.2, -0.15) is 0 Å². The van der Waals surface area contributed by atoms with E-state index in [1.54, 1.807) is 12.1 Å². The van der Waals surface area contributed by atoms with Crippen molar-refractivity contribution >= 4 is 22.6 Å².